The molecule has 1 aromatic carbocycles. The molecule has 1 heterocycles. The second kappa shape index (κ2) is 8.35. The van der Waals surface area contributed by atoms with Gasteiger partial charge in [-0.05, 0) is 41.7 Å². The Morgan fingerprint density at radius 1 is 1.24 bits per heavy atom. The summed E-state index contributed by atoms with van der Waals surface area (Å²) in [4.78, 5) is 11.9. The van der Waals surface area contributed by atoms with E-state index >= 15 is 0 Å². The molecule has 0 saturated heterocycles. The zero-order valence-corrected chi connectivity index (χ0v) is 16.4. The number of rotatable bonds is 5. The van der Waals surface area contributed by atoms with E-state index in [1.54, 1.807) is 0 Å². The first kappa shape index (κ1) is 19.3. The lowest BCUT2D eigenvalue weighted by Crippen LogP contribution is -2.37. The van der Waals surface area contributed by atoms with Crippen molar-refractivity contribution in [3.05, 3.63) is 34.8 Å². The Morgan fingerprint density at radius 2 is 1.92 bits per heavy atom. The molecule has 0 radical (unpaired) electrons. The predicted octanol–water partition coefficient (Wildman–Crippen LogP) is 3.29. The van der Waals surface area contributed by atoms with Crippen molar-refractivity contribution in [2.24, 2.45) is 0 Å². The second-order valence-electron chi connectivity index (χ2n) is 6.42. The number of anilines is 1. The summed E-state index contributed by atoms with van der Waals surface area (Å²) in [5, 5.41) is 14.9. The molecule has 2 aromatic rings. The van der Waals surface area contributed by atoms with E-state index in [0.29, 0.717) is 10.9 Å². The minimum absolute atomic E-state index is 0.0795. The number of thiocarbonyl (C=S) groups is 1. The summed E-state index contributed by atoms with van der Waals surface area (Å²) >= 11 is 6.49. The molecule has 1 aromatic heterocycles. The Bertz CT molecular complexity index is 736. The monoisotopic (exact) mass is 378 g/mol. The van der Waals surface area contributed by atoms with Crippen molar-refractivity contribution in [1.29, 1.82) is 0 Å². The SMILES string of the molecule is CCc1nnc(NC(=S)NC(=O)COc2ccc(C(C)(C)C)cc2)s1. The van der Waals surface area contributed by atoms with Crippen molar-refractivity contribution >= 4 is 39.7 Å². The molecule has 25 heavy (non-hydrogen) atoms. The number of nitrogens with zero attached hydrogens (tertiary/aromatic N) is 2. The van der Waals surface area contributed by atoms with Crippen LogP contribution in [0.4, 0.5) is 5.13 Å². The van der Waals surface area contributed by atoms with Gasteiger partial charge < -0.3 is 10.1 Å². The van der Waals surface area contributed by atoms with Gasteiger partial charge in [0.2, 0.25) is 5.13 Å². The van der Waals surface area contributed by atoms with Gasteiger partial charge in [-0.1, -0.05) is 51.2 Å². The third kappa shape index (κ3) is 6.06. The van der Waals surface area contributed by atoms with Crippen molar-refractivity contribution in [2.75, 3.05) is 11.9 Å². The first-order chi connectivity index (χ1) is 11.8. The molecule has 1 amide bonds. The number of benzene rings is 1. The van der Waals surface area contributed by atoms with Crippen molar-refractivity contribution in [1.82, 2.24) is 15.5 Å². The largest absolute Gasteiger partial charge is 0.484 e. The summed E-state index contributed by atoms with van der Waals surface area (Å²) in [6, 6.07) is 7.72. The Kier molecular flexibility index (Phi) is 6.44. The zero-order valence-electron chi connectivity index (χ0n) is 14.8. The highest BCUT2D eigenvalue weighted by Crippen LogP contribution is 2.24. The van der Waals surface area contributed by atoms with E-state index in [0.717, 1.165) is 11.4 Å². The molecule has 0 spiro atoms. The third-order valence-corrected chi connectivity index (χ3v) is 4.52. The summed E-state index contributed by atoms with van der Waals surface area (Å²) < 4.78 is 5.48. The molecule has 0 aliphatic heterocycles. The third-order valence-electron chi connectivity index (χ3n) is 3.33. The maximum Gasteiger partial charge on any atom is 0.264 e. The highest BCUT2D eigenvalue weighted by atomic mass is 32.1. The Morgan fingerprint density at radius 3 is 2.48 bits per heavy atom. The lowest BCUT2D eigenvalue weighted by atomic mass is 9.87. The quantitative estimate of drug-likeness (QED) is 0.778. The van der Waals surface area contributed by atoms with Gasteiger partial charge >= 0.3 is 0 Å². The highest BCUT2D eigenvalue weighted by molar-refractivity contribution is 7.80. The van der Waals surface area contributed by atoms with E-state index < -0.39 is 0 Å². The van der Waals surface area contributed by atoms with E-state index in [1.165, 1.54) is 16.9 Å². The number of ether oxygens (including phenoxy) is 1. The van der Waals surface area contributed by atoms with Crippen molar-refractivity contribution in [2.45, 2.75) is 39.5 Å². The molecule has 6 nitrogen and oxygen atoms in total. The molecule has 0 fully saturated rings. The molecule has 0 atom stereocenters. The maximum absolute atomic E-state index is 11.9. The van der Waals surface area contributed by atoms with Gasteiger partial charge in [0.15, 0.2) is 11.7 Å². The van der Waals surface area contributed by atoms with Gasteiger partial charge in [0.25, 0.3) is 5.91 Å². The topological polar surface area (TPSA) is 76.1 Å². The summed E-state index contributed by atoms with van der Waals surface area (Å²) in [6.45, 7) is 8.31. The van der Waals surface area contributed by atoms with E-state index in [4.69, 9.17) is 17.0 Å². The number of hydrogen-bond acceptors (Lipinski definition) is 6. The van der Waals surface area contributed by atoms with Crippen LogP contribution < -0.4 is 15.4 Å². The Labute approximate surface area is 157 Å². The summed E-state index contributed by atoms with van der Waals surface area (Å²) in [6.07, 6.45) is 0.806. The van der Waals surface area contributed by atoms with E-state index in [-0.39, 0.29) is 23.0 Å². The van der Waals surface area contributed by atoms with Crippen LogP contribution in [0.15, 0.2) is 24.3 Å². The molecule has 0 aliphatic carbocycles. The summed E-state index contributed by atoms with van der Waals surface area (Å²) in [5.41, 5.74) is 1.29. The van der Waals surface area contributed by atoms with Crippen LogP contribution in [-0.4, -0.2) is 27.8 Å². The average Bonchev–Trinajstić information content (AvgIpc) is 3.00. The standard InChI is InChI=1S/C17H22N4O2S2/c1-5-14-20-21-16(25-14)19-15(24)18-13(22)10-23-12-8-6-11(7-9-12)17(2,3)4/h6-9H,5,10H2,1-4H3,(H2,18,19,21,22,24). The van der Waals surface area contributed by atoms with Crippen molar-refractivity contribution < 1.29 is 9.53 Å². The first-order valence-electron chi connectivity index (χ1n) is 7.94. The summed E-state index contributed by atoms with van der Waals surface area (Å²) in [5.74, 6) is 0.302. The van der Waals surface area contributed by atoms with Gasteiger partial charge in [-0.15, -0.1) is 10.2 Å². The van der Waals surface area contributed by atoms with E-state index in [1.807, 2.05) is 31.2 Å². The van der Waals surface area contributed by atoms with Crippen molar-refractivity contribution in [3.8, 4) is 5.75 Å². The second-order valence-corrected chi connectivity index (χ2v) is 7.89. The van der Waals surface area contributed by atoms with Gasteiger partial charge in [-0.25, -0.2) is 0 Å². The normalized spacial score (nSPS) is 11.0. The minimum Gasteiger partial charge on any atom is -0.484 e. The average molecular weight is 379 g/mol. The lowest BCUT2D eigenvalue weighted by molar-refractivity contribution is -0.121. The number of hydrogen-bond donors (Lipinski definition) is 2. The number of carbonyl (C=O) groups excluding carboxylic acids is 1. The fourth-order valence-corrected chi connectivity index (χ4v) is 2.90. The molecule has 0 aliphatic rings. The molecule has 2 N–H and O–H groups in total. The van der Waals surface area contributed by atoms with Gasteiger partial charge in [0.1, 0.15) is 10.8 Å². The van der Waals surface area contributed by atoms with Gasteiger partial charge in [-0.3, -0.25) is 10.1 Å². The van der Waals surface area contributed by atoms with E-state index in [9.17, 15) is 4.79 Å². The van der Waals surface area contributed by atoms with Crippen LogP contribution >= 0.6 is 23.6 Å². The van der Waals surface area contributed by atoms with Crippen LogP contribution in [-0.2, 0) is 16.6 Å². The summed E-state index contributed by atoms with van der Waals surface area (Å²) in [7, 11) is 0. The van der Waals surface area contributed by atoms with Crippen LogP contribution in [0.5, 0.6) is 5.75 Å². The van der Waals surface area contributed by atoms with Gasteiger partial charge in [0, 0.05) is 0 Å². The highest BCUT2D eigenvalue weighted by Gasteiger charge is 2.13. The molecular formula is C17H22N4O2S2. The number of aryl methyl sites for hydroxylation is 1. The molecule has 0 bridgehead atoms. The van der Waals surface area contributed by atoms with Gasteiger partial charge in [0.05, 0.1) is 0 Å². The number of nitrogens with one attached hydrogen (secondary N) is 2. The lowest BCUT2D eigenvalue weighted by Gasteiger charge is -2.19. The Balaban J connectivity index is 1.79. The van der Waals surface area contributed by atoms with Crippen LogP contribution in [0.25, 0.3) is 0 Å². The number of carbonyl (C=O) groups is 1. The zero-order chi connectivity index (χ0) is 18.4. The number of amides is 1. The molecule has 0 saturated carbocycles. The van der Waals surface area contributed by atoms with Gasteiger partial charge in [-0.2, -0.15) is 0 Å². The smallest absolute Gasteiger partial charge is 0.264 e. The fraction of sp³-hybridized carbons (Fsp3) is 0.412. The molecule has 8 heteroatoms. The minimum atomic E-state index is -0.336. The van der Waals surface area contributed by atoms with Crippen LogP contribution in [0.1, 0.15) is 38.3 Å². The maximum atomic E-state index is 11.9. The number of aromatic nitrogens is 2. The van der Waals surface area contributed by atoms with E-state index in [2.05, 4.69) is 41.6 Å². The van der Waals surface area contributed by atoms with Crippen molar-refractivity contribution in [3.63, 3.8) is 0 Å². The van der Waals surface area contributed by atoms with Crippen LogP contribution in [0, 0.1) is 0 Å². The van der Waals surface area contributed by atoms with Crippen LogP contribution in [0.2, 0.25) is 0 Å². The predicted molar refractivity (Wildman–Crippen MR) is 104 cm³/mol. The molecular weight excluding hydrogens is 356 g/mol. The van der Waals surface area contributed by atoms with Crippen LogP contribution in [0.3, 0.4) is 0 Å². The first-order valence-corrected chi connectivity index (χ1v) is 9.17. The molecule has 134 valence electrons. The fourth-order valence-electron chi connectivity index (χ4n) is 1.94. The Hall–Kier alpha value is -2.06. The molecule has 2 rings (SSSR count). The molecule has 0 unspecified atom stereocenters.